The van der Waals surface area contributed by atoms with Crippen molar-refractivity contribution in [3.63, 3.8) is 0 Å². The van der Waals surface area contributed by atoms with Gasteiger partial charge in [0.25, 0.3) is 5.91 Å². The van der Waals surface area contributed by atoms with Gasteiger partial charge in [-0.2, -0.15) is 0 Å². The summed E-state index contributed by atoms with van der Waals surface area (Å²) >= 11 is 22.9. The molecule has 0 aliphatic carbocycles. The zero-order valence-electron chi connectivity index (χ0n) is 16.1. The van der Waals surface area contributed by atoms with Gasteiger partial charge in [-0.3, -0.25) is 10.1 Å². The number of thiophene rings is 1. The number of aromatic nitrogens is 2. The van der Waals surface area contributed by atoms with E-state index in [9.17, 15) is 4.79 Å². The highest BCUT2D eigenvalue weighted by Gasteiger charge is 2.21. The highest BCUT2D eigenvalue weighted by Crippen LogP contribution is 2.41. The lowest BCUT2D eigenvalue weighted by molar-refractivity contribution is 0.103. The number of amides is 1. The van der Waals surface area contributed by atoms with Gasteiger partial charge in [0.1, 0.15) is 4.88 Å². The largest absolute Gasteiger partial charge is 0.296 e. The molecular formula is C22H12Cl3N3OS3. The molecule has 5 aromatic rings. The summed E-state index contributed by atoms with van der Waals surface area (Å²) in [5, 5.41) is 15.8. The number of hydrogen-bond donors (Lipinski definition) is 1. The third-order valence-electron chi connectivity index (χ3n) is 4.71. The number of fused-ring (bicyclic) bond motifs is 2. The third kappa shape index (κ3) is 4.33. The minimum atomic E-state index is -0.356. The number of halogens is 3. The number of benzene rings is 3. The van der Waals surface area contributed by atoms with E-state index in [0.717, 1.165) is 14.8 Å². The van der Waals surface area contributed by atoms with E-state index in [1.807, 2.05) is 12.1 Å². The molecule has 10 heteroatoms. The lowest BCUT2D eigenvalue weighted by Crippen LogP contribution is -2.10. The minimum absolute atomic E-state index is 0.305. The molecule has 0 saturated heterocycles. The standard InChI is InChI=1S/C22H12Cl3N3OS3/c23-13-8-15(24)17-16(9-13)31-19(18(17)25)20(29)26-21-27-28-22(32-21)30-10-12-6-3-5-11-4-1-2-7-14(11)12/h1-9H,10H2,(H,26,27,29). The molecule has 0 spiro atoms. The first-order valence-electron chi connectivity index (χ1n) is 9.31. The van der Waals surface area contributed by atoms with E-state index in [1.54, 1.807) is 23.9 Å². The average Bonchev–Trinajstić information content (AvgIpc) is 3.36. The molecular weight excluding hydrogens is 525 g/mol. The quantitative estimate of drug-likeness (QED) is 0.181. The van der Waals surface area contributed by atoms with Crippen LogP contribution in [-0.2, 0) is 5.75 Å². The van der Waals surface area contributed by atoms with E-state index in [1.165, 1.54) is 39.0 Å². The van der Waals surface area contributed by atoms with E-state index in [2.05, 4.69) is 45.8 Å². The number of carbonyl (C=O) groups excluding carboxylic acids is 1. The van der Waals surface area contributed by atoms with Crippen LogP contribution in [0.1, 0.15) is 15.2 Å². The summed E-state index contributed by atoms with van der Waals surface area (Å²) in [6.07, 6.45) is 0. The first-order chi connectivity index (χ1) is 15.5. The van der Waals surface area contributed by atoms with Crippen LogP contribution in [0.25, 0.3) is 20.9 Å². The molecule has 2 heterocycles. The monoisotopic (exact) mass is 535 g/mol. The Morgan fingerprint density at radius 2 is 1.81 bits per heavy atom. The van der Waals surface area contributed by atoms with Crippen LogP contribution < -0.4 is 5.32 Å². The van der Waals surface area contributed by atoms with Gasteiger partial charge >= 0.3 is 0 Å². The van der Waals surface area contributed by atoms with Crippen molar-refractivity contribution in [3.05, 3.63) is 80.1 Å². The van der Waals surface area contributed by atoms with Gasteiger partial charge in [-0.25, -0.2) is 0 Å². The molecule has 5 rings (SSSR count). The first kappa shape index (κ1) is 21.9. The summed E-state index contributed by atoms with van der Waals surface area (Å²) in [5.41, 5.74) is 1.22. The molecule has 0 unspecified atom stereocenters. The van der Waals surface area contributed by atoms with E-state index in [-0.39, 0.29) is 5.91 Å². The third-order valence-corrected chi connectivity index (χ3v) is 8.88. The Labute approximate surface area is 210 Å². The number of thioether (sulfide) groups is 1. The molecule has 4 nitrogen and oxygen atoms in total. The highest BCUT2D eigenvalue weighted by molar-refractivity contribution is 8.00. The van der Waals surface area contributed by atoms with Crippen LogP contribution in [0.2, 0.25) is 15.1 Å². The fourth-order valence-electron chi connectivity index (χ4n) is 3.29. The Morgan fingerprint density at radius 3 is 2.69 bits per heavy atom. The molecule has 0 fully saturated rings. The van der Waals surface area contributed by atoms with Gasteiger partial charge in [0.15, 0.2) is 4.34 Å². The Hall–Kier alpha value is -1.87. The van der Waals surface area contributed by atoms with Crippen molar-refractivity contribution in [3.8, 4) is 0 Å². The van der Waals surface area contributed by atoms with E-state index in [0.29, 0.717) is 30.5 Å². The van der Waals surface area contributed by atoms with Crippen LogP contribution in [0.15, 0.2) is 58.9 Å². The van der Waals surface area contributed by atoms with Crippen LogP contribution in [0.3, 0.4) is 0 Å². The molecule has 0 atom stereocenters. The van der Waals surface area contributed by atoms with Gasteiger partial charge in [0.05, 0.1) is 10.0 Å². The lowest BCUT2D eigenvalue weighted by atomic mass is 10.1. The molecule has 0 aliphatic rings. The fourth-order valence-corrected chi connectivity index (χ4v) is 7.31. The van der Waals surface area contributed by atoms with Crippen LogP contribution in [0.4, 0.5) is 5.13 Å². The second-order valence-corrected chi connectivity index (χ2v) is 11.2. The van der Waals surface area contributed by atoms with E-state index >= 15 is 0 Å². The zero-order valence-corrected chi connectivity index (χ0v) is 20.8. The first-order valence-corrected chi connectivity index (χ1v) is 13.1. The lowest BCUT2D eigenvalue weighted by Gasteiger charge is -2.04. The predicted molar refractivity (Wildman–Crippen MR) is 138 cm³/mol. The van der Waals surface area contributed by atoms with Crippen molar-refractivity contribution in [1.82, 2.24) is 10.2 Å². The molecule has 2 aromatic heterocycles. The second kappa shape index (κ2) is 9.17. The Bertz CT molecular complexity index is 1480. The number of hydrogen-bond acceptors (Lipinski definition) is 6. The average molecular weight is 537 g/mol. The maximum absolute atomic E-state index is 12.8. The topological polar surface area (TPSA) is 54.9 Å². The molecule has 1 N–H and O–H groups in total. The SMILES string of the molecule is O=C(Nc1nnc(SCc2cccc3ccccc23)s1)c1sc2cc(Cl)cc(Cl)c2c1Cl. The molecule has 0 aliphatic heterocycles. The predicted octanol–water partition coefficient (Wildman–Crippen LogP) is 8.41. The fraction of sp³-hybridized carbons (Fsp3) is 0.0455. The summed E-state index contributed by atoms with van der Waals surface area (Å²) in [6, 6.07) is 17.9. The van der Waals surface area contributed by atoms with Crippen molar-refractivity contribution < 1.29 is 4.79 Å². The van der Waals surface area contributed by atoms with Gasteiger partial charge in [-0.15, -0.1) is 21.5 Å². The van der Waals surface area contributed by atoms with E-state index in [4.69, 9.17) is 34.8 Å². The van der Waals surface area contributed by atoms with Crippen molar-refractivity contribution in [2.75, 3.05) is 5.32 Å². The number of nitrogens with zero attached hydrogens (tertiary/aromatic N) is 2. The second-order valence-electron chi connectivity index (χ2n) is 6.76. The van der Waals surface area contributed by atoms with E-state index < -0.39 is 0 Å². The van der Waals surface area contributed by atoms with Crippen LogP contribution >= 0.6 is 69.2 Å². The Kier molecular flexibility index (Phi) is 6.29. The number of nitrogens with one attached hydrogen (secondary N) is 1. The molecule has 160 valence electrons. The normalized spacial score (nSPS) is 11.3. The zero-order chi connectivity index (χ0) is 22.2. The summed E-state index contributed by atoms with van der Waals surface area (Å²) in [7, 11) is 0. The van der Waals surface area contributed by atoms with Crippen LogP contribution in [-0.4, -0.2) is 16.1 Å². The van der Waals surface area contributed by atoms with Crippen molar-refractivity contribution >= 4 is 101 Å². The van der Waals surface area contributed by atoms with Gasteiger partial charge in [0.2, 0.25) is 5.13 Å². The summed E-state index contributed by atoms with van der Waals surface area (Å²) in [4.78, 5) is 13.2. The van der Waals surface area contributed by atoms with Crippen molar-refractivity contribution in [2.24, 2.45) is 0 Å². The van der Waals surface area contributed by atoms with Crippen LogP contribution in [0.5, 0.6) is 0 Å². The van der Waals surface area contributed by atoms with Crippen LogP contribution in [0, 0.1) is 0 Å². The maximum atomic E-state index is 12.8. The summed E-state index contributed by atoms with van der Waals surface area (Å²) < 4.78 is 1.52. The van der Waals surface area contributed by atoms with Crippen molar-refractivity contribution in [2.45, 2.75) is 10.1 Å². The Morgan fingerprint density at radius 1 is 1.00 bits per heavy atom. The van der Waals surface area contributed by atoms with Gasteiger partial charge in [-0.05, 0) is 28.5 Å². The minimum Gasteiger partial charge on any atom is -0.296 e. The summed E-state index contributed by atoms with van der Waals surface area (Å²) in [5.74, 6) is 0.399. The number of anilines is 1. The van der Waals surface area contributed by atoms with Gasteiger partial charge < -0.3 is 0 Å². The molecule has 1 amide bonds. The molecule has 0 radical (unpaired) electrons. The molecule has 0 bridgehead atoms. The maximum Gasteiger partial charge on any atom is 0.269 e. The molecule has 0 saturated carbocycles. The van der Waals surface area contributed by atoms with Gasteiger partial charge in [-0.1, -0.05) is 100 Å². The molecule has 3 aromatic carbocycles. The Balaban J connectivity index is 1.31. The highest BCUT2D eigenvalue weighted by atomic mass is 35.5. The number of rotatable bonds is 5. The van der Waals surface area contributed by atoms with Crippen molar-refractivity contribution in [1.29, 1.82) is 0 Å². The summed E-state index contributed by atoms with van der Waals surface area (Å²) in [6.45, 7) is 0. The smallest absolute Gasteiger partial charge is 0.269 e. The van der Waals surface area contributed by atoms with Gasteiger partial charge in [0, 0.05) is 20.9 Å². The number of carbonyl (C=O) groups is 1. The molecule has 32 heavy (non-hydrogen) atoms.